The number of hydrogen-bond acceptors (Lipinski definition) is 2. The molecule has 2 aliphatic carbocycles. The Bertz CT molecular complexity index is 552. The van der Waals surface area contributed by atoms with Crippen molar-refractivity contribution in [2.45, 2.75) is 25.7 Å². The summed E-state index contributed by atoms with van der Waals surface area (Å²) >= 11 is 1.24. The van der Waals surface area contributed by atoms with Gasteiger partial charge in [0.2, 0.25) is 0 Å². The molecule has 2 heteroatoms. The van der Waals surface area contributed by atoms with Crippen molar-refractivity contribution in [3.05, 3.63) is 41.0 Å². The molecular weight excluding hydrogens is 214 g/mol. The first-order valence-electron chi connectivity index (χ1n) is 5.20. The smallest absolute Gasteiger partial charge is 0.138 e. The van der Waals surface area contributed by atoms with Crippen molar-refractivity contribution in [1.29, 1.82) is 5.26 Å². The molecule has 0 aromatic carbocycles. The number of rotatable bonds is 1. The minimum Gasteiger partial charge on any atom is -0.185 e. The number of aryl methyl sites for hydroxylation is 3. The van der Waals surface area contributed by atoms with Crippen LogP contribution in [0.4, 0.5) is 0 Å². The topological polar surface area (TPSA) is 23.8 Å². The summed E-state index contributed by atoms with van der Waals surface area (Å²) in [5.74, 6) is 0. The van der Waals surface area contributed by atoms with Gasteiger partial charge in [-0.25, -0.2) is 0 Å². The number of thioether (sulfide) groups is 1. The lowest BCUT2D eigenvalue weighted by Crippen LogP contribution is -1.79. The minimum absolute atomic E-state index is 1.06. The molecule has 0 atom stereocenters. The van der Waals surface area contributed by atoms with Gasteiger partial charge in [-0.05, 0) is 60.9 Å². The van der Waals surface area contributed by atoms with Crippen LogP contribution in [0.3, 0.4) is 0 Å². The van der Waals surface area contributed by atoms with Crippen molar-refractivity contribution >= 4 is 11.8 Å². The number of fused-ring (bicyclic) bond motifs is 1. The predicted molar refractivity (Wildman–Crippen MR) is 68.7 cm³/mol. The molecular formula is C14H13NS. The molecule has 0 saturated heterocycles. The Morgan fingerprint density at radius 1 is 1.06 bits per heavy atom. The van der Waals surface area contributed by atoms with Gasteiger partial charge in [-0.2, -0.15) is 5.26 Å². The maximum Gasteiger partial charge on any atom is 0.138 e. The SMILES string of the molecule is Cc1cc(C)c2ccc(SC#N)c-2c(C)c1. The highest BCUT2D eigenvalue weighted by molar-refractivity contribution is 8.03. The molecule has 0 amide bonds. The van der Waals surface area contributed by atoms with Crippen LogP contribution in [0.2, 0.25) is 0 Å². The van der Waals surface area contributed by atoms with Crippen LogP contribution in [0.25, 0.3) is 11.1 Å². The molecule has 2 aliphatic rings. The van der Waals surface area contributed by atoms with E-state index in [0.717, 1.165) is 4.90 Å². The molecule has 0 radical (unpaired) electrons. The largest absolute Gasteiger partial charge is 0.185 e. The van der Waals surface area contributed by atoms with Gasteiger partial charge in [-0.3, -0.25) is 0 Å². The molecule has 0 unspecified atom stereocenters. The lowest BCUT2D eigenvalue weighted by atomic mass is 10.1. The minimum atomic E-state index is 1.06. The normalized spacial score (nSPS) is 10.4. The van der Waals surface area contributed by atoms with Gasteiger partial charge in [0.1, 0.15) is 5.40 Å². The summed E-state index contributed by atoms with van der Waals surface area (Å²) in [5.41, 5.74) is 6.24. The van der Waals surface area contributed by atoms with Crippen LogP contribution in [0.15, 0.2) is 29.2 Å². The molecule has 0 fully saturated rings. The zero-order valence-electron chi connectivity index (χ0n) is 9.66. The van der Waals surface area contributed by atoms with Crippen molar-refractivity contribution in [2.75, 3.05) is 0 Å². The van der Waals surface area contributed by atoms with Gasteiger partial charge < -0.3 is 0 Å². The second kappa shape index (κ2) is 4.19. The maximum atomic E-state index is 8.79. The Balaban J connectivity index is 2.77. The van der Waals surface area contributed by atoms with Gasteiger partial charge in [-0.15, -0.1) is 0 Å². The number of hydrogen-bond donors (Lipinski definition) is 0. The van der Waals surface area contributed by atoms with Gasteiger partial charge >= 0.3 is 0 Å². The number of nitriles is 1. The maximum absolute atomic E-state index is 8.79. The van der Waals surface area contributed by atoms with Crippen molar-refractivity contribution in [1.82, 2.24) is 0 Å². The molecule has 0 heterocycles. The van der Waals surface area contributed by atoms with E-state index in [1.165, 1.54) is 39.6 Å². The summed E-state index contributed by atoms with van der Waals surface area (Å²) in [6, 6.07) is 8.51. The quantitative estimate of drug-likeness (QED) is 0.536. The van der Waals surface area contributed by atoms with E-state index in [1.807, 2.05) is 6.07 Å². The van der Waals surface area contributed by atoms with Crippen molar-refractivity contribution < 1.29 is 0 Å². The molecule has 0 aromatic heterocycles. The molecule has 0 aliphatic heterocycles. The molecule has 0 spiro atoms. The van der Waals surface area contributed by atoms with E-state index in [4.69, 9.17) is 5.26 Å². The first kappa shape index (κ1) is 11.0. The second-order valence-corrected chi connectivity index (χ2v) is 4.90. The van der Waals surface area contributed by atoms with Crippen LogP contribution in [0.1, 0.15) is 16.7 Å². The highest BCUT2D eigenvalue weighted by atomic mass is 32.2. The van der Waals surface area contributed by atoms with Gasteiger partial charge in [-0.1, -0.05) is 23.8 Å². The van der Waals surface area contributed by atoms with Crippen LogP contribution in [0, 0.1) is 31.4 Å². The van der Waals surface area contributed by atoms with Crippen LogP contribution in [0.5, 0.6) is 0 Å². The molecule has 0 aromatic rings. The molecule has 0 saturated carbocycles. The summed E-state index contributed by atoms with van der Waals surface area (Å²) in [7, 11) is 0. The van der Waals surface area contributed by atoms with Crippen LogP contribution in [-0.4, -0.2) is 0 Å². The fourth-order valence-corrected chi connectivity index (χ4v) is 2.81. The van der Waals surface area contributed by atoms with Crippen molar-refractivity contribution in [3.8, 4) is 16.5 Å². The monoisotopic (exact) mass is 227 g/mol. The van der Waals surface area contributed by atoms with E-state index >= 15 is 0 Å². The highest BCUT2D eigenvalue weighted by Gasteiger charge is 2.13. The molecule has 1 nitrogen and oxygen atoms in total. The molecule has 16 heavy (non-hydrogen) atoms. The summed E-state index contributed by atoms with van der Waals surface area (Å²) in [5, 5.41) is 10.9. The summed E-state index contributed by atoms with van der Waals surface area (Å²) in [6.45, 7) is 6.34. The molecule has 0 N–H and O–H groups in total. The lowest BCUT2D eigenvalue weighted by molar-refractivity contribution is 1.41. The Hall–Kier alpha value is -1.46. The van der Waals surface area contributed by atoms with Crippen LogP contribution in [-0.2, 0) is 0 Å². The Kier molecular flexibility index (Phi) is 2.89. The van der Waals surface area contributed by atoms with E-state index in [-0.39, 0.29) is 0 Å². The van der Waals surface area contributed by atoms with Crippen LogP contribution < -0.4 is 0 Å². The molecule has 80 valence electrons. The van der Waals surface area contributed by atoms with E-state index in [2.05, 4.69) is 44.4 Å². The van der Waals surface area contributed by atoms with E-state index in [9.17, 15) is 0 Å². The fourth-order valence-electron chi connectivity index (χ4n) is 2.20. The molecule has 2 rings (SSSR count). The Morgan fingerprint density at radius 2 is 1.75 bits per heavy atom. The Morgan fingerprint density at radius 3 is 2.44 bits per heavy atom. The lowest BCUT2D eigenvalue weighted by Gasteiger charge is -2.02. The average Bonchev–Trinajstić information content (AvgIpc) is 2.57. The summed E-state index contributed by atoms with van der Waals surface area (Å²) in [4.78, 5) is 1.06. The van der Waals surface area contributed by atoms with Crippen LogP contribution >= 0.6 is 11.8 Å². The van der Waals surface area contributed by atoms with Crippen molar-refractivity contribution in [3.63, 3.8) is 0 Å². The third-order valence-electron chi connectivity index (χ3n) is 2.78. The third kappa shape index (κ3) is 1.79. The van der Waals surface area contributed by atoms with Gasteiger partial charge in [0.15, 0.2) is 0 Å². The summed E-state index contributed by atoms with van der Waals surface area (Å²) in [6.07, 6.45) is 0. The van der Waals surface area contributed by atoms with E-state index in [0.29, 0.717) is 0 Å². The summed E-state index contributed by atoms with van der Waals surface area (Å²) < 4.78 is 0. The number of thiocyanates is 1. The zero-order valence-corrected chi connectivity index (χ0v) is 10.5. The standard InChI is InChI=1S/C14H13NS/c1-9-6-10(2)12-4-5-13(16-8-15)14(12)11(3)7-9/h4-7H,1-3H3. The zero-order chi connectivity index (χ0) is 11.7. The fraction of sp³-hybridized carbons (Fsp3) is 0.214. The predicted octanol–water partition coefficient (Wildman–Crippen LogP) is 4.29. The van der Waals surface area contributed by atoms with Crippen molar-refractivity contribution in [2.24, 2.45) is 0 Å². The first-order chi connectivity index (χ1) is 7.63. The molecule has 0 bridgehead atoms. The van der Waals surface area contributed by atoms with E-state index < -0.39 is 0 Å². The van der Waals surface area contributed by atoms with Gasteiger partial charge in [0, 0.05) is 4.90 Å². The third-order valence-corrected chi connectivity index (χ3v) is 3.43. The Labute approximate surface area is 100 Å². The highest BCUT2D eigenvalue weighted by Crippen LogP contribution is 2.38. The van der Waals surface area contributed by atoms with Gasteiger partial charge in [0.25, 0.3) is 0 Å². The van der Waals surface area contributed by atoms with E-state index in [1.54, 1.807) is 0 Å². The first-order valence-corrected chi connectivity index (χ1v) is 6.01. The second-order valence-electron chi connectivity index (χ2n) is 4.08. The van der Waals surface area contributed by atoms with Gasteiger partial charge in [0.05, 0.1) is 0 Å². The number of nitrogens with zero attached hydrogens (tertiary/aromatic N) is 1. The average molecular weight is 227 g/mol.